The van der Waals surface area contributed by atoms with E-state index in [1.54, 1.807) is 0 Å². The van der Waals surface area contributed by atoms with Crippen LogP contribution >= 0.6 is 0 Å². The molecule has 19 heavy (non-hydrogen) atoms. The topological polar surface area (TPSA) is 15.3 Å². The fraction of sp³-hybridized carbons (Fsp3) is 1.00. The quantitative estimate of drug-likeness (QED) is 0.569. The first-order chi connectivity index (χ1) is 9.10. The van der Waals surface area contributed by atoms with Gasteiger partial charge in [0.2, 0.25) is 0 Å². The Balaban J connectivity index is 4.51. The molecular formula is C17H38N2. The van der Waals surface area contributed by atoms with Crippen molar-refractivity contribution in [1.29, 1.82) is 0 Å². The van der Waals surface area contributed by atoms with Crippen molar-refractivity contribution in [3.8, 4) is 0 Å². The lowest BCUT2D eigenvalue weighted by atomic mass is 9.97. The van der Waals surface area contributed by atoms with Gasteiger partial charge in [0.15, 0.2) is 0 Å². The molecule has 0 aromatic rings. The van der Waals surface area contributed by atoms with E-state index in [0.29, 0.717) is 12.1 Å². The third-order valence-electron chi connectivity index (χ3n) is 4.43. The summed E-state index contributed by atoms with van der Waals surface area (Å²) in [6.45, 7) is 17.5. The van der Waals surface area contributed by atoms with Crippen LogP contribution in [-0.4, -0.2) is 36.6 Å². The van der Waals surface area contributed by atoms with Gasteiger partial charge >= 0.3 is 0 Å². The van der Waals surface area contributed by atoms with Crippen LogP contribution in [0.1, 0.15) is 73.6 Å². The largest absolute Gasteiger partial charge is 0.312 e. The van der Waals surface area contributed by atoms with Crippen molar-refractivity contribution in [2.24, 2.45) is 5.92 Å². The minimum absolute atomic E-state index is 0.649. The zero-order valence-corrected chi connectivity index (χ0v) is 14.3. The van der Waals surface area contributed by atoms with E-state index in [0.717, 1.165) is 12.5 Å². The highest BCUT2D eigenvalue weighted by molar-refractivity contribution is 4.79. The van der Waals surface area contributed by atoms with Gasteiger partial charge in [-0.05, 0) is 45.2 Å². The fourth-order valence-corrected chi connectivity index (χ4v) is 2.42. The zero-order valence-electron chi connectivity index (χ0n) is 14.3. The molecule has 2 nitrogen and oxygen atoms in total. The number of hydrogen-bond acceptors (Lipinski definition) is 2. The van der Waals surface area contributed by atoms with E-state index in [1.165, 1.54) is 45.2 Å². The van der Waals surface area contributed by atoms with Gasteiger partial charge in [0.05, 0.1) is 0 Å². The Morgan fingerprint density at radius 3 is 2.11 bits per heavy atom. The molecule has 0 saturated heterocycles. The van der Waals surface area contributed by atoms with Gasteiger partial charge in [0, 0.05) is 18.6 Å². The predicted molar refractivity (Wildman–Crippen MR) is 87.8 cm³/mol. The first kappa shape index (κ1) is 18.9. The molecule has 0 rings (SSSR count). The molecule has 3 atom stereocenters. The summed E-state index contributed by atoms with van der Waals surface area (Å²) in [6.07, 6.45) is 6.37. The van der Waals surface area contributed by atoms with Crippen LogP contribution in [0.2, 0.25) is 0 Å². The van der Waals surface area contributed by atoms with Crippen molar-refractivity contribution in [3.05, 3.63) is 0 Å². The molecule has 0 aliphatic carbocycles. The second-order valence-corrected chi connectivity index (χ2v) is 6.05. The monoisotopic (exact) mass is 270 g/mol. The number of unbranched alkanes of at least 4 members (excludes halogenated alkanes) is 1. The molecule has 0 aromatic carbocycles. The standard InChI is InChI=1S/C17H38N2/c1-7-11-13-19(16(6)10-4)14-17(15(5)9-3)18-12-8-2/h15-18H,7-14H2,1-6H3. The highest BCUT2D eigenvalue weighted by atomic mass is 15.2. The second kappa shape index (κ2) is 11.7. The molecule has 0 fully saturated rings. The lowest BCUT2D eigenvalue weighted by Gasteiger charge is -2.35. The molecule has 0 saturated carbocycles. The minimum atomic E-state index is 0.649. The van der Waals surface area contributed by atoms with Crippen molar-refractivity contribution < 1.29 is 0 Å². The van der Waals surface area contributed by atoms with Gasteiger partial charge in [-0.1, -0.05) is 47.5 Å². The van der Waals surface area contributed by atoms with E-state index in [9.17, 15) is 0 Å². The van der Waals surface area contributed by atoms with Crippen molar-refractivity contribution in [2.75, 3.05) is 19.6 Å². The van der Waals surface area contributed by atoms with Crippen molar-refractivity contribution in [2.45, 2.75) is 85.7 Å². The first-order valence-electron chi connectivity index (χ1n) is 8.57. The average Bonchev–Trinajstić information content (AvgIpc) is 2.44. The summed E-state index contributed by atoms with van der Waals surface area (Å²) < 4.78 is 0. The van der Waals surface area contributed by atoms with Crippen LogP contribution in [0.5, 0.6) is 0 Å². The molecule has 0 aliphatic rings. The maximum Gasteiger partial charge on any atom is 0.0220 e. The smallest absolute Gasteiger partial charge is 0.0220 e. The van der Waals surface area contributed by atoms with Crippen molar-refractivity contribution in [1.82, 2.24) is 10.2 Å². The molecule has 3 unspecified atom stereocenters. The predicted octanol–water partition coefficient (Wildman–Crippen LogP) is 4.30. The van der Waals surface area contributed by atoms with Gasteiger partial charge < -0.3 is 5.32 Å². The highest BCUT2D eigenvalue weighted by Gasteiger charge is 2.21. The van der Waals surface area contributed by atoms with Gasteiger partial charge in [0.1, 0.15) is 0 Å². The Morgan fingerprint density at radius 2 is 1.63 bits per heavy atom. The Kier molecular flexibility index (Phi) is 11.7. The van der Waals surface area contributed by atoms with Crippen LogP contribution in [0.25, 0.3) is 0 Å². The van der Waals surface area contributed by atoms with Gasteiger partial charge in [-0.2, -0.15) is 0 Å². The Hall–Kier alpha value is -0.0800. The Labute approximate surface area is 122 Å². The van der Waals surface area contributed by atoms with Crippen LogP contribution in [-0.2, 0) is 0 Å². The summed E-state index contributed by atoms with van der Waals surface area (Å²) in [7, 11) is 0. The summed E-state index contributed by atoms with van der Waals surface area (Å²) in [5.74, 6) is 0.764. The third kappa shape index (κ3) is 7.94. The number of nitrogens with zero attached hydrogens (tertiary/aromatic N) is 1. The number of hydrogen-bond donors (Lipinski definition) is 1. The van der Waals surface area contributed by atoms with Crippen LogP contribution in [0, 0.1) is 5.92 Å². The van der Waals surface area contributed by atoms with E-state index >= 15 is 0 Å². The molecule has 0 heterocycles. The normalized spacial score (nSPS) is 16.6. The zero-order chi connectivity index (χ0) is 14.7. The number of rotatable bonds is 12. The molecule has 116 valence electrons. The Bertz CT molecular complexity index is 174. The van der Waals surface area contributed by atoms with Crippen molar-refractivity contribution >= 4 is 0 Å². The molecule has 0 aliphatic heterocycles. The summed E-state index contributed by atoms with van der Waals surface area (Å²) in [5, 5.41) is 3.76. The lowest BCUT2D eigenvalue weighted by molar-refractivity contribution is 0.160. The molecule has 0 spiro atoms. The average molecular weight is 271 g/mol. The SMILES string of the molecule is CCCCN(CC(NCCC)C(C)CC)C(C)CC. The van der Waals surface area contributed by atoms with E-state index in [2.05, 4.69) is 51.8 Å². The molecule has 0 radical (unpaired) electrons. The summed E-state index contributed by atoms with van der Waals surface area (Å²) in [5.41, 5.74) is 0. The fourth-order valence-electron chi connectivity index (χ4n) is 2.42. The maximum atomic E-state index is 3.76. The van der Waals surface area contributed by atoms with Gasteiger partial charge in [-0.25, -0.2) is 0 Å². The van der Waals surface area contributed by atoms with Crippen LogP contribution in [0.15, 0.2) is 0 Å². The summed E-state index contributed by atoms with van der Waals surface area (Å²) in [4.78, 5) is 2.70. The minimum Gasteiger partial charge on any atom is -0.312 e. The molecular weight excluding hydrogens is 232 g/mol. The second-order valence-electron chi connectivity index (χ2n) is 6.05. The van der Waals surface area contributed by atoms with Gasteiger partial charge in [-0.15, -0.1) is 0 Å². The van der Waals surface area contributed by atoms with Crippen molar-refractivity contribution in [3.63, 3.8) is 0 Å². The third-order valence-corrected chi connectivity index (χ3v) is 4.43. The summed E-state index contributed by atoms with van der Waals surface area (Å²) >= 11 is 0. The van der Waals surface area contributed by atoms with E-state index in [1.807, 2.05) is 0 Å². The van der Waals surface area contributed by atoms with Crippen LogP contribution in [0.4, 0.5) is 0 Å². The van der Waals surface area contributed by atoms with E-state index in [4.69, 9.17) is 0 Å². The number of nitrogens with one attached hydrogen (secondary N) is 1. The first-order valence-corrected chi connectivity index (χ1v) is 8.57. The highest BCUT2D eigenvalue weighted by Crippen LogP contribution is 2.13. The molecule has 0 amide bonds. The molecule has 0 aromatic heterocycles. The molecule has 2 heteroatoms. The van der Waals surface area contributed by atoms with E-state index in [-0.39, 0.29) is 0 Å². The lowest BCUT2D eigenvalue weighted by Crippen LogP contribution is -2.48. The summed E-state index contributed by atoms with van der Waals surface area (Å²) in [6, 6.07) is 1.36. The molecule has 1 N–H and O–H groups in total. The maximum absolute atomic E-state index is 3.76. The van der Waals surface area contributed by atoms with E-state index < -0.39 is 0 Å². The van der Waals surface area contributed by atoms with Crippen LogP contribution < -0.4 is 5.32 Å². The van der Waals surface area contributed by atoms with Gasteiger partial charge in [0.25, 0.3) is 0 Å². The van der Waals surface area contributed by atoms with Crippen LogP contribution in [0.3, 0.4) is 0 Å². The molecule has 0 bridgehead atoms. The van der Waals surface area contributed by atoms with Gasteiger partial charge in [-0.3, -0.25) is 4.90 Å². The Morgan fingerprint density at radius 1 is 0.947 bits per heavy atom.